The van der Waals surface area contributed by atoms with Crippen LogP contribution in [0.5, 0.6) is 0 Å². The molecule has 8 rings (SSSR count). The van der Waals surface area contributed by atoms with Gasteiger partial charge in [0, 0.05) is 29.8 Å². The van der Waals surface area contributed by atoms with Crippen LogP contribution < -0.4 is 5.32 Å². The van der Waals surface area contributed by atoms with Gasteiger partial charge in [0.25, 0.3) is 0 Å². The van der Waals surface area contributed by atoms with Gasteiger partial charge in [0.1, 0.15) is 0 Å². The molecule has 0 saturated carbocycles. The summed E-state index contributed by atoms with van der Waals surface area (Å²) in [5, 5.41) is 5.38. The number of fused-ring (bicyclic) bond motifs is 2. The highest BCUT2D eigenvalue weighted by Crippen LogP contribution is 2.61. The lowest BCUT2D eigenvalue weighted by atomic mass is 9.52. The van der Waals surface area contributed by atoms with Gasteiger partial charge in [-0.2, -0.15) is 0 Å². The second-order valence-corrected chi connectivity index (χ2v) is 10.1. The average molecular weight is 468 g/mol. The Hall–Kier alpha value is -4.31. The highest BCUT2D eigenvalue weighted by molar-refractivity contribution is 5.97. The van der Waals surface area contributed by atoms with Crippen molar-refractivity contribution in [3.05, 3.63) is 126 Å². The lowest BCUT2D eigenvalue weighted by Gasteiger charge is -2.50. The van der Waals surface area contributed by atoms with Crippen LogP contribution in [-0.4, -0.2) is 15.9 Å². The number of benzene rings is 4. The maximum Gasteiger partial charge on any atom is 0.233 e. The molecule has 0 saturated heterocycles. The van der Waals surface area contributed by atoms with Crippen molar-refractivity contribution in [3.63, 3.8) is 0 Å². The van der Waals surface area contributed by atoms with E-state index in [1.165, 1.54) is 27.6 Å². The number of rotatable bonds is 3. The first-order chi connectivity index (χ1) is 17.6. The van der Waals surface area contributed by atoms with Gasteiger partial charge in [-0.15, -0.1) is 0 Å². The Morgan fingerprint density at radius 3 is 2.06 bits per heavy atom. The molecule has 1 aromatic heterocycles. The summed E-state index contributed by atoms with van der Waals surface area (Å²) in [4.78, 5) is 22.9. The summed E-state index contributed by atoms with van der Waals surface area (Å²) in [6.45, 7) is 2.09. The van der Waals surface area contributed by atoms with E-state index in [-0.39, 0.29) is 17.7 Å². The molecule has 1 unspecified atom stereocenters. The third-order valence-corrected chi connectivity index (χ3v) is 8.13. The van der Waals surface area contributed by atoms with Gasteiger partial charge in [-0.25, -0.2) is 9.97 Å². The van der Waals surface area contributed by atoms with Crippen LogP contribution in [0.1, 0.15) is 47.4 Å². The van der Waals surface area contributed by atoms with E-state index in [0.717, 1.165) is 22.9 Å². The van der Waals surface area contributed by atoms with E-state index >= 15 is 0 Å². The van der Waals surface area contributed by atoms with Crippen LogP contribution in [0, 0.1) is 5.41 Å². The minimum Gasteiger partial charge on any atom is -0.294 e. The number of amides is 1. The molecule has 1 heterocycles. The monoisotopic (exact) mass is 467 g/mol. The molecule has 2 bridgehead atoms. The molecule has 1 N–H and O–H groups in total. The molecule has 4 aromatic carbocycles. The summed E-state index contributed by atoms with van der Waals surface area (Å²) in [5.41, 5.74) is 6.63. The smallest absolute Gasteiger partial charge is 0.233 e. The molecule has 5 aromatic rings. The number of aromatic nitrogens is 2. The van der Waals surface area contributed by atoms with E-state index < -0.39 is 5.41 Å². The van der Waals surface area contributed by atoms with Crippen molar-refractivity contribution in [2.75, 3.05) is 5.32 Å². The molecular weight excluding hydrogens is 442 g/mol. The third kappa shape index (κ3) is 3.04. The lowest BCUT2D eigenvalue weighted by molar-refractivity contribution is -0.126. The summed E-state index contributed by atoms with van der Waals surface area (Å²) < 4.78 is 0. The summed E-state index contributed by atoms with van der Waals surface area (Å²) in [6.07, 6.45) is 4.36. The first-order valence-corrected chi connectivity index (χ1v) is 12.4. The molecule has 1 atom stereocenters. The van der Waals surface area contributed by atoms with Gasteiger partial charge in [-0.3, -0.25) is 10.1 Å². The molecule has 3 aliphatic carbocycles. The van der Waals surface area contributed by atoms with E-state index in [9.17, 15) is 4.79 Å². The van der Waals surface area contributed by atoms with Crippen molar-refractivity contribution in [2.24, 2.45) is 5.41 Å². The highest BCUT2D eigenvalue weighted by Gasteiger charge is 2.53. The molecule has 0 radical (unpaired) electrons. The van der Waals surface area contributed by atoms with Crippen molar-refractivity contribution in [3.8, 4) is 11.1 Å². The van der Waals surface area contributed by atoms with Gasteiger partial charge in [0.2, 0.25) is 11.9 Å². The van der Waals surface area contributed by atoms with Crippen molar-refractivity contribution in [1.82, 2.24) is 9.97 Å². The van der Waals surface area contributed by atoms with E-state index in [2.05, 4.69) is 95.0 Å². The fourth-order valence-corrected chi connectivity index (χ4v) is 6.44. The van der Waals surface area contributed by atoms with Crippen molar-refractivity contribution >= 4 is 22.6 Å². The van der Waals surface area contributed by atoms with Crippen molar-refractivity contribution < 1.29 is 4.79 Å². The molecule has 0 fully saturated rings. The standard InChI is InChI=1S/C32H25N3O/c1-32(17-28-24-12-4-6-14-26(24)29(32)27-15-7-5-13-25(27)28)30(36)35-31-33-18-21(19-34-31)23-16-8-10-20-9-2-3-11-22(20)23/h2-16,18-19,28-29H,17H2,1H3,(H,33,34,35,36). The minimum atomic E-state index is -0.592. The van der Waals surface area contributed by atoms with Gasteiger partial charge in [0.15, 0.2) is 0 Å². The summed E-state index contributed by atoms with van der Waals surface area (Å²) in [6, 6.07) is 31.7. The lowest BCUT2D eigenvalue weighted by Crippen LogP contribution is -2.47. The maximum atomic E-state index is 13.8. The normalized spacial score (nSPS) is 21.6. The zero-order valence-electron chi connectivity index (χ0n) is 20.0. The van der Waals surface area contributed by atoms with Crippen LogP contribution in [0.25, 0.3) is 21.9 Å². The Morgan fingerprint density at radius 1 is 0.778 bits per heavy atom. The third-order valence-electron chi connectivity index (χ3n) is 8.13. The molecule has 3 aliphatic rings. The zero-order chi connectivity index (χ0) is 24.3. The fraction of sp³-hybridized carbons (Fsp3) is 0.156. The first kappa shape index (κ1) is 21.0. The summed E-state index contributed by atoms with van der Waals surface area (Å²) in [7, 11) is 0. The predicted molar refractivity (Wildman–Crippen MR) is 143 cm³/mol. The largest absolute Gasteiger partial charge is 0.294 e. The Morgan fingerprint density at radius 2 is 1.36 bits per heavy atom. The second-order valence-electron chi connectivity index (χ2n) is 10.1. The van der Waals surface area contributed by atoms with Gasteiger partial charge in [-0.05, 0) is 51.9 Å². The maximum absolute atomic E-state index is 13.8. The Kier molecular flexibility index (Phi) is 4.58. The van der Waals surface area contributed by atoms with E-state index in [4.69, 9.17) is 0 Å². The molecule has 4 heteroatoms. The van der Waals surface area contributed by atoms with Crippen LogP contribution in [0.3, 0.4) is 0 Å². The van der Waals surface area contributed by atoms with E-state index in [0.29, 0.717) is 5.95 Å². The molecule has 4 nitrogen and oxygen atoms in total. The van der Waals surface area contributed by atoms with Gasteiger partial charge < -0.3 is 0 Å². The average Bonchev–Trinajstić information content (AvgIpc) is 2.93. The number of carbonyl (C=O) groups is 1. The number of nitrogens with zero attached hydrogens (tertiary/aromatic N) is 2. The van der Waals surface area contributed by atoms with Crippen LogP contribution >= 0.6 is 0 Å². The molecule has 36 heavy (non-hydrogen) atoms. The topological polar surface area (TPSA) is 54.9 Å². The number of anilines is 1. The van der Waals surface area contributed by atoms with Gasteiger partial charge in [0.05, 0.1) is 5.41 Å². The summed E-state index contributed by atoms with van der Waals surface area (Å²) >= 11 is 0. The van der Waals surface area contributed by atoms with Gasteiger partial charge >= 0.3 is 0 Å². The fourth-order valence-electron chi connectivity index (χ4n) is 6.44. The van der Waals surface area contributed by atoms with Crippen LogP contribution in [0.15, 0.2) is 103 Å². The first-order valence-electron chi connectivity index (χ1n) is 12.4. The van der Waals surface area contributed by atoms with Crippen LogP contribution in [0.2, 0.25) is 0 Å². The number of hydrogen-bond donors (Lipinski definition) is 1. The van der Waals surface area contributed by atoms with Gasteiger partial charge in [-0.1, -0.05) is 91.0 Å². The second kappa shape index (κ2) is 7.85. The number of hydrogen-bond acceptors (Lipinski definition) is 3. The zero-order valence-corrected chi connectivity index (χ0v) is 20.0. The number of nitrogens with one attached hydrogen (secondary N) is 1. The van der Waals surface area contributed by atoms with Crippen LogP contribution in [0.4, 0.5) is 5.95 Å². The van der Waals surface area contributed by atoms with E-state index in [1.807, 2.05) is 18.2 Å². The van der Waals surface area contributed by atoms with E-state index in [1.54, 1.807) is 12.4 Å². The molecule has 0 aliphatic heterocycles. The Balaban J connectivity index is 1.21. The minimum absolute atomic E-state index is 0.00450. The molecule has 0 spiro atoms. The molecular formula is C32H25N3O. The molecule has 174 valence electrons. The Bertz CT molecular complexity index is 1590. The summed E-state index contributed by atoms with van der Waals surface area (Å²) in [5.74, 6) is 0.533. The van der Waals surface area contributed by atoms with Crippen molar-refractivity contribution in [2.45, 2.75) is 25.2 Å². The van der Waals surface area contributed by atoms with Crippen molar-refractivity contribution in [1.29, 1.82) is 0 Å². The van der Waals surface area contributed by atoms with Crippen LogP contribution in [-0.2, 0) is 4.79 Å². The number of carbonyl (C=O) groups excluding carboxylic acids is 1. The Labute approximate surface area is 210 Å². The SMILES string of the molecule is CC1(C(=O)Nc2ncc(-c3cccc4ccccc34)cn2)CC2c3ccccc3C1c1ccccc12. The molecule has 1 amide bonds. The predicted octanol–water partition coefficient (Wildman–Crippen LogP) is 6.92. The quantitative estimate of drug-likeness (QED) is 0.313. The highest BCUT2D eigenvalue weighted by atomic mass is 16.2.